The zero-order chi connectivity index (χ0) is 20.9. The molecule has 3 heterocycles. The van der Waals surface area contributed by atoms with Crippen molar-refractivity contribution in [3.05, 3.63) is 51.5 Å². The molecule has 4 rings (SSSR count). The normalized spacial score (nSPS) is 14.1. The second-order valence-electron chi connectivity index (χ2n) is 6.94. The number of amides is 2. The van der Waals surface area contributed by atoms with Gasteiger partial charge in [-0.25, -0.2) is 8.78 Å². The molecule has 0 unspecified atom stereocenters. The number of carbonyl (C=O) groups is 2. The van der Waals surface area contributed by atoms with E-state index in [4.69, 9.17) is 5.73 Å². The Morgan fingerprint density at radius 2 is 1.97 bits per heavy atom. The number of hydrogen-bond donors (Lipinski definition) is 2. The molecule has 0 spiro atoms. The molecular formula is C19H17F2N5O2S. The zero-order valence-corrected chi connectivity index (χ0v) is 16.4. The summed E-state index contributed by atoms with van der Waals surface area (Å²) >= 11 is 1.16. The summed E-state index contributed by atoms with van der Waals surface area (Å²) in [7, 11) is 0. The Labute approximate surface area is 168 Å². The first-order chi connectivity index (χ1) is 13.8. The topological polar surface area (TPSA) is 101 Å². The van der Waals surface area contributed by atoms with E-state index in [9.17, 15) is 18.4 Å². The maximum absolute atomic E-state index is 13.8. The summed E-state index contributed by atoms with van der Waals surface area (Å²) in [5.74, 6) is -2.56. The van der Waals surface area contributed by atoms with E-state index in [1.54, 1.807) is 0 Å². The lowest BCUT2D eigenvalue weighted by Gasteiger charge is -2.39. The summed E-state index contributed by atoms with van der Waals surface area (Å²) in [5.41, 5.74) is 7.96. The standard InChI is InChI=1S/C19H17F2N5O2S/c1-8-9(2)24-25-18-14(8)15(22)16(29-18)17(27)23-11-6-26(7-11)19(28)12-4-3-10(20)5-13(12)21/h3-5,11H,6-7,22H2,1-2H3,(H,23,27). The molecular weight excluding hydrogens is 400 g/mol. The summed E-state index contributed by atoms with van der Waals surface area (Å²) < 4.78 is 26.8. The van der Waals surface area contributed by atoms with E-state index in [1.807, 2.05) is 13.8 Å². The minimum atomic E-state index is -0.910. The van der Waals surface area contributed by atoms with Crippen LogP contribution in [0.15, 0.2) is 18.2 Å². The monoisotopic (exact) mass is 417 g/mol. The molecule has 1 fully saturated rings. The molecule has 1 aromatic carbocycles. The fourth-order valence-electron chi connectivity index (χ4n) is 3.23. The highest BCUT2D eigenvalue weighted by atomic mass is 32.1. The van der Waals surface area contributed by atoms with Crippen LogP contribution in [0.3, 0.4) is 0 Å². The number of anilines is 1. The van der Waals surface area contributed by atoms with E-state index >= 15 is 0 Å². The zero-order valence-electron chi connectivity index (χ0n) is 15.6. The van der Waals surface area contributed by atoms with Gasteiger partial charge >= 0.3 is 0 Å². The van der Waals surface area contributed by atoms with E-state index in [0.29, 0.717) is 21.5 Å². The van der Waals surface area contributed by atoms with Crippen molar-refractivity contribution in [2.45, 2.75) is 19.9 Å². The number of halogens is 2. The molecule has 0 atom stereocenters. The fourth-order valence-corrected chi connectivity index (χ4v) is 4.23. The van der Waals surface area contributed by atoms with Crippen LogP contribution in [0.4, 0.5) is 14.5 Å². The summed E-state index contributed by atoms with van der Waals surface area (Å²) in [6.45, 7) is 4.15. The van der Waals surface area contributed by atoms with Crippen LogP contribution in [0, 0.1) is 25.5 Å². The lowest BCUT2D eigenvalue weighted by Crippen LogP contribution is -2.61. The molecule has 1 aliphatic rings. The van der Waals surface area contributed by atoms with Crippen LogP contribution in [-0.2, 0) is 0 Å². The number of nitrogens with zero attached hydrogens (tertiary/aromatic N) is 3. The maximum Gasteiger partial charge on any atom is 0.263 e. The maximum atomic E-state index is 13.8. The number of carbonyl (C=O) groups excluding carboxylic acids is 2. The van der Waals surface area contributed by atoms with Crippen LogP contribution in [0.2, 0.25) is 0 Å². The van der Waals surface area contributed by atoms with Gasteiger partial charge in [-0.05, 0) is 31.5 Å². The molecule has 10 heteroatoms. The Hall–Kier alpha value is -3.14. The van der Waals surface area contributed by atoms with Gasteiger partial charge in [0.25, 0.3) is 11.8 Å². The molecule has 2 amide bonds. The van der Waals surface area contributed by atoms with Crippen molar-refractivity contribution >= 4 is 39.1 Å². The third-order valence-corrected chi connectivity index (χ3v) is 6.10. The van der Waals surface area contributed by atoms with Crippen LogP contribution in [-0.4, -0.2) is 46.0 Å². The summed E-state index contributed by atoms with van der Waals surface area (Å²) in [6.07, 6.45) is 0. The van der Waals surface area contributed by atoms with Crippen LogP contribution in [0.25, 0.3) is 10.2 Å². The van der Waals surface area contributed by atoms with Crippen molar-refractivity contribution in [3.63, 3.8) is 0 Å². The minimum absolute atomic E-state index is 0.200. The van der Waals surface area contributed by atoms with Crippen molar-refractivity contribution in [3.8, 4) is 0 Å². The van der Waals surface area contributed by atoms with Crippen LogP contribution >= 0.6 is 11.3 Å². The van der Waals surface area contributed by atoms with Gasteiger partial charge in [0.15, 0.2) is 0 Å². The van der Waals surface area contributed by atoms with Gasteiger partial charge in [-0.15, -0.1) is 16.4 Å². The van der Waals surface area contributed by atoms with E-state index in [0.717, 1.165) is 40.1 Å². The third-order valence-electron chi connectivity index (χ3n) is 5.01. The Morgan fingerprint density at radius 3 is 2.66 bits per heavy atom. The van der Waals surface area contributed by atoms with E-state index in [-0.39, 0.29) is 30.6 Å². The van der Waals surface area contributed by atoms with Gasteiger partial charge in [0.2, 0.25) is 0 Å². The number of likely N-dealkylation sites (tertiary alicyclic amines) is 1. The van der Waals surface area contributed by atoms with Gasteiger partial charge in [-0.1, -0.05) is 0 Å². The molecule has 0 radical (unpaired) electrons. The molecule has 2 aromatic heterocycles. The first-order valence-corrected chi connectivity index (χ1v) is 9.65. The summed E-state index contributed by atoms with van der Waals surface area (Å²) in [5, 5.41) is 11.7. The molecule has 3 N–H and O–H groups in total. The van der Waals surface area contributed by atoms with Crippen molar-refractivity contribution < 1.29 is 18.4 Å². The van der Waals surface area contributed by atoms with Crippen molar-refractivity contribution in [1.29, 1.82) is 0 Å². The molecule has 150 valence electrons. The largest absolute Gasteiger partial charge is 0.397 e. The number of aromatic nitrogens is 2. The molecule has 29 heavy (non-hydrogen) atoms. The number of benzene rings is 1. The SMILES string of the molecule is Cc1nnc2sc(C(=O)NC3CN(C(=O)c4ccc(F)cc4F)C3)c(N)c2c1C. The Kier molecular flexibility index (Phi) is 4.65. The average molecular weight is 417 g/mol. The summed E-state index contributed by atoms with van der Waals surface area (Å²) in [6, 6.07) is 2.53. The number of aryl methyl sites for hydroxylation is 2. The lowest BCUT2D eigenvalue weighted by molar-refractivity contribution is 0.0539. The number of nitrogens with one attached hydrogen (secondary N) is 1. The van der Waals surface area contributed by atoms with Crippen LogP contribution in [0.1, 0.15) is 31.3 Å². The lowest BCUT2D eigenvalue weighted by atomic mass is 10.1. The highest BCUT2D eigenvalue weighted by Gasteiger charge is 2.34. The second-order valence-corrected chi connectivity index (χ2v) is 7.94. The highest BCUT2D eigenvalue weighted by molar-refractivity contribution is 7.21. The van der Waals surface area contributed by atoms with Gasteiger partial charge in [-0.3, -0.25) is 9.59 Å². The number of hydrogen-bond acceptors (Lipinski definition) is 6. The average Bonchev–Trinajstić information content (AvgIpc) is 2.97. The van der Waals surface area contributed by atoms with Crippen LogP contribution in [0.5, 0.6) is 0 Å². The van der Waals surface area contributed by atoms with Gasteiger partial charge in [0, 0.05) is 24.5 Å². The van der Waals surface area contributed by atoms with Gasteiger partial charge in [0.05, 0.1) is 23.0 Å². The van der Waals surface area contributed by atoms with E-state index in [1.165, 1.54) is 4.90 Å². The van der Waals surface area contributed by atoms with Gasteiger partial charge < -0.3 is 16.0 Å². The van der Waals surface area contributed by atoms with Crippen molar-refractivity contribution in [2.75, 3.05) is 18.8 Å². The second kappa shape index (κ2) is 7.03. The number of fused-ring (bicyclic) bond motifs is 1. The molecule has 1 aliphatic heterocycles. The van der Waals surface area contributed by atoms with Crippen LogP contribution < -0.4 is 11.1 Å². The van der Waals surface area contributed by atoms with Gasteiger partial charge in [0.1, 0.15) is 21.3 Å². The Balaban J connectivity index is 1.44. The molecule has 7 nitrogen and oxygen atoms in total. The first kappa shape index (κ1) is 19.2. The quantitative estimate of drug-likeness (QED) is 0.682. The van der Waals surface area contributed by atoms with Gasteiger partial charge in [-0.2, -0.15) is 5.10 Å². The Bertz CT molecular complexity index is 1160. The number of rotatable bonds is 3. The fraction of sp³-hybridized carbons (Fsp3) is 0.263. The molecule has 1 saturated heterocycles. The smallest absolute Gasteiger partial charge is 0.263 e. The molecule has 0 saturated carbocycles. The minimum Gasteiger partial charge on any atom is -0.397 e. The van der Waals surface area contributed by atoms with E-state index in [2.05, 4.69) is 15.5 Å². The molecule has 3 aromatic rings. The number of thiophene rings is 1. The first-order valence-electron chi connectivity index (χ1n) is 8.83. The Morgan fingerprint density at radius 1 is 1.24 bits per heavy atom. The number of nitrogen functional groups attached to an aromatic ring is 1. The van der Waals surface area contributed by atoms with Crippen molar-refractivity contribution in [1.82, 2.24) is 20.4 Å². The predicted molar refractivity (Wildman–Crippen MR) is 105 cm³/mol. The summed E-state index contributed by atoms with van der Waals surface area (Å²) in [4.78, 5) is 27.3. The number of nitrogens with two attached hydrogens (primary N) is 1. The van der Waals surface area contributed by atoms with E-state index < -0.39 is 17.5 Å². The highest BCUT2D eigenvalue weighted by Crippen LogP contribution is 2.35. The van der Waals surface area contributed by atoms with Crippen molar-refractivity contribution in [2.24, 2.45) is 0 Å². The molecule has 0 bridgehead atoms. The third kappa shape index (κ3) is 3.29. The molecule has 0 aliphatic carbocycles. The predicted octanol–water partition coefficient (Wildman–Crippen LogP) is 2.42.